The van der Waals surface area contributed by atoms with Crippen LogP contribution in [0.3, 0.4) is 0 Å². The SMILES string of the molecule is COc1cccc(CCC(=O)c2c3n(c(=O)n2-c2ccccc2)CCN(C(=O)c2ccc(Br)c(Cl)c2)C3)c1. The first kappa shape index (κ1) is 26.0. The summed E-state index contributed by atoms with van der Waals surface area (Å²) in [5, 5.41) is 0.438. The zero-order chi connectivity index (χ0) is 26.8. The average molecular weight is 595 g/mol. The number of ether oxygens (including phenoxy) is 1. The van der Waals surface area contributed by atoms with Crippen LogP contribution in [-0.4, -0.2) is 39.4 Å². The molecule has 2 heterocycles. The minimum Gasteiger partial charge on any atom is -0.497 e. The summed E-state index contributed by atoms with van der Waals surface area (Å²) in [7, 11) is 1.60. The van der Waals surface area contributed by atoms with Gasteiger partial charge in [0.1, 0.15) is 11.4 Å². The van der Waals surface area contributed by atoms with Crippen molar-refractivity contribution in [1.29, 1.82) is 0 Å². The molecule has 0 spiro atoms. The summed E-state index contributed by atoms with van der Waals surface area (Å²) in [5.74, 6) is 0.350. The average Bonchev–Trinajstić information content (AvgIpc) is 3.25. The fraction of sp³-hybridized carbons (Fsp3) is 0.207. The highest BCUT2D eigenvalue weighted by Gasteiger charge is 2.32. The van der Waals surface area contributed by atoms with Gasteiger partial charge in [-0.1, -0.05) is 41.9 Å². The van der Waals surface area contributed by atoms with Crippen LogP contribution in [0.2, 0.25) is 5.02 Å². The van der Waals surface area contributed by atoms with E-state index < -0.39 is 0 Å². The van der Waals surface area contributed by atoms with E-state index in [4.69, 9.17) is 16.3 Å². The number of halogens is 2. The molecule has 0 atom stereocenters. The normalized spacial score (nSPS) is 12.8. The van der Waals surface area contributed by atoms with E-state index in [-0.39, 0.29) is 30.3 Å². The Hall–Kier alpha value is -3.62. The highest BCUT2D eigenvalue weighted by Crippen LogP contribution is 2.26. The number of hydrogen-bond donors (Lipinski definition) is 0. The molecule has 4 aromatic rings. The van der Waals surface area contributed by atoms with Gasteiger partial charge < -0.3 is 9.64 Å². The molecule has 1 aliphatic rings. The van der Waals surface area contributed by atoms with Crippen molar-refractivity contribution < 1.29 is 14.3 Å². The van der Waals surface area contributed by atoms with Crippen molar-refractivity contribution in [2.75, 3.05) is 13.7 Å². The van der Waals surface area contributed by atoms with Crippen LogP contribution in [0.1, 0.15) is 38.5 Å². The first-order chi connectivity index (χ1) is 18.4. The number of aryl methyl sites for hydroxylation is 1. The number of methoxy groups -OCH3 is 1. The van der Waals surface area contributed by atoms with Crippen LogP contribution < -0.4 is 10.4 Å². The van der Waals surface area contributed by atoms with E-state index in [0.29, 0.717) is 51.6 Å². The van der Waals surface area contributed by atoms with Gasteiger partial charge in [0.25, 0.3) is 5.91 Å². The second kappa shape index (κ2) is 11.0. The van der Waals surface area contributed by atoms with Crippen LogP contribution in [0, 0.1) is 0 Å². The predicted octanol–water partition coefficient (Wildman–Crippen LogP) is 5.54. The first-order valence-corrected chi connectivity index (χ1v) is 13.3. The highest BCUT2D eigenvalue weighted by molar-refractivity contribution is 9.10. The molecule has 7 nitrogen and oxygen atoms in total. The van der Waals surface area contributed by atoms with Crippen LogP contribution >= 0.6 is 27.5 Å². The first-order valence-electron chi connectivity index (χ1n) is 12.2. The Morgan fingerprint density at radius 3 is 2.53 bits per heavy atom. The standard InChI is InChI=1S/C29H25BrClN3O4/c1-38-22-9-5-6-19(16-22)10-13-26(35)27-25-18-32(28(36)20-11-12-23(30)24(31)17-20)14-15-33(25)29(37)34(27)21-7-3-2-4-8-21/h2-9,11-12,16-17H,10,13-15,18H2,1H3. The molecular weight excluding hydrogens is 570 g/mol. The number of para-hydroxylation sites is 1. The number of aromatic nitrogens is 2. The number of amides is 1. The Bertz CT molecular complexity index is 1580. The summed E-state index contributed by atoms with van der Waals surface area (Å²) in [4.78, 5) is 42.3. The van der Waals surface area contributed by atoms with Gasteiger partial charge in [-0.25, -0.2) is 4.79 Å². The van der Waals surface area contributed by atoms with Gasteiger partial charge in [0.2, 0.25) is 0 Å². The molecule has 1 aromatic heterocycles. The molecule has 9 heteroatoms. The van der Waals surface area contributed by atoms with Gasteiger partial charge in [0.15, 0.2) is 5.78 Å². The summed E-state index contributed by atoms with van der Waals surface area (Å²) >= 11 is 9.57. The number of carbonyl (C=O) groups is 2. The van der Waals surface area contributed by atoms with Crippen molar-refractivity contribution in [3.05, 3.63) is 115 Å². The summed E-state index contributed by atoms with van der Waals surface area (Å²) in [6, 6.07) is 21.8. The Morgan fingerprint density at radius 2 is 1.79 bits per heavy atom. The fourth-order valence-electron chi connectivity index (χ4n) is 4.75. The molecule has 0 saturated heterocycles. The molecule has 0 saturated carbocycles. The van der Waals surface area contributed by atoms with E-state index in [9.17, 15) is 14.4 Å². The van der Waals surface area contributed by atoms with E-state index in [1.54, 1.807) is 46.9 Å². The third-order valence-electron chi connectivity index (χ3n) is 6.69. The van der Waals surface area contributed by atoms with Crippen molar-refractivity contribution in [2.45, 2.75) is 25.9 Å². The van der Waals surface area contributed by atoms with Crippen LogP contribution in [-0.2, 0) is 19.5 Å². The number of nitrogens with zero attached hydrogens (tertiary/aromatic N) is 3. The van der Waals surface area contributed by atoms with E-state index in [1.165, 1.54) is 4.57 Å². The zero-order valence-electron chi connectivity index (χ0n) is 20.7. The van der Waals surface area contributed by atoms with Gasteiger partial charge in [-0.15, -0.1) is 0 Å². The van der Waals surface area contributed by atoms with Crippen molar-refractivity contribution in [3.63, 3.8) is 0 Å². The van der Waals surface area contributed by atoms with Crippen LogP contribution in [0.25, 0.3) is 5.69 Å². The van der Waals surface area contributed by atoms with Crippen LogP contribution in [0.5, 0.6) is 5.75 Å². The van der Waals surface area contributed by atoms with Crippen molar-refractivity contribution in [2.24, 2.45) is 0 Å². The number of rotatable bonds is 7. The number of hydrogen-bond acceptors (Lipinski definition) is 4. The Morgan fingerprint density at radius 1 is 1.00 bits per heavy atom. The Balaban J connectivity index is 1.51. The number of Topliss-reactive ketones (excluding diaryl/α,β-unsaturated/α-hetero) is 1. The molecule has 0 unspecified atom stereocenters. The summed E-state index contributed by atoms with van der Waals surface area (Å²) < 4.78 is 9.10. The van der Waals surface area contributed by atoms with Gasteiger partial charge >= 0.3 is 5.69 Å². The van der Waals surface area contributed by atoms with E-state index in [0.717, 1.165) is 11.3 Å². The second-order valence-corrected chi connectivity index (χ2v) is 10.3. The fourth-order valence-corrected chi connectivity index (χ4v) is 5.18. The molecule has 38 heavy (non-hydrogen) atoms. The lowest BCUT2D eigenvalue weighted by Crippen LogP contribution is -2.41. The number of fused-ring (bicyclic) bond motifs is 1. The Kier molecular flexibility index (Phi) is 7.53. The quantitative estimate of drug-likeness (QED) is 0.264. The Labute approximate surface area is 233 Å². The number of ketones is 1. The summed E-state index contributed by atoms with van der Waals surface area (Å²) in [6.07, 6.45) is 0.691. The predicted molar refractivity (Wildman–Crippen MR) is 150 cm³/mol. The molecule has 0 N–H and O–H groups in total. The molecule has 3 aromatic carbocycles. The van der Waals surface area contributed by atoms with Gasteiger partial charge in [-0.2, -0.15) is 0 Å². The van der Waals surface area contributed by atoms with Crippen molar-refractivity contribution >= 4 is 39.2 Å². The summed E-state index contributed by atoms with van der Waals surface area (Å²) in [6.45, 7) is 0.775. The van der Waals surface area contributed by atoms with Gasteiger partial charge in [-0.3, -0.25) is 18.7 Å². The molecule has 0 radical (unpaired) electrons. The number of carbonyl (C=O) groups excluding carboxylic acids is 2. The molecular formula is C29H25BrClN3O4. The largest absolute Gasteiger partial charge is 0.497 e. The van der Waals surface area contributed by atoms with E-state index in [2.05, 4.69) is 15.9 Å². The third kappa shape index (κ3) is 5.06. The lowest BCUT2D eigenvalue weighted by atomic mass is 10.0. The molecule has 0 bridgehead atoms. The van der Waals surface area contributed by atoms with Crippen molar-refractivity contribution in [1.82, 2.24) is 14.0 Å². The lowest BCUT2D eigenvalue weighted by Gasteiger charge is -2.28. The lowest BCUT2D eigenvalue weighted by molar-refractivity contribution is 0.0707. The summed E-state index contributed by atoms with van der Waals surface area (Å²) in [5.41, 5.74) is 2.59. The number of imidazole rings is 1. The molecule has 1 aliphatic heterocycles. The molecule has 1 amide bonds. The van der Waals surface area contributed by atoms with Crippen LogP contribution in [0.4, 0.5) is 0 Å². The zero-order valence-corrected chi connectivity index (χ0v) is 23.0. The van der Waals surface area contributed by atoms with Crippen LogP contribution in [0.15, 0.2) is 82.1 Å². The highest BCUT2D eigenvalue weighted by atomic mass is 79.9. The van der Waals surface area contributed by atoms with E-state index in [1.807, 2.05) is 42.5 Å². The topological polar surface area (TPSA) is 73.5 Å². The maximum absolute atomic E-state index is 13.8. The molecule has 0 aliphatic carbocycles. The van der Waals surface area contributed by atoms with Gasteiger partial charge in [0.05, 0.1) is 30.1 Å². The number of benzene rings is 3. The molecule has 194 valence electrons. The molecule has 0 fully saturated rings. The van der Waals surface area contributed by atoms with Crippen molar-refractivity contribution in [3.8, 4) is 11.4 Å². The second-order valence-electron chi connectivity index (χ2n) is 9.03. The van der Waals surface area contributed by atoms with Gasteiger partial charge in [-0.05, 0) is 70.4 Å². The maximum atomic E-state index is 13.8. The minimum atomic E-state index is -0.283. The minimum absolute atomic E-state index is 0.141. The van der Waals surface area contributed by atoms with Gasteiger partial charge in [0, 0.05) is 29.5 Å². The third-order valence-corrected chi connectivity index (χ3v) is 7.92. The molecule has 5 rings (SSSR count). The van der Waals surface area contributed by atoms with E-state index >= 15 is 0 Å². The smallest absolute Gasteiger partial charge is 0.333 e. The monoisotopic (exact) mass is 593 g/mol. The maximum Gasteiger partial charge on any atom is 0.333 e.